The molecule has 0 saturated heterocycles. The van der Waals surface area contributed by atoms with Gasteiger partial charge in [-0.3, -0.25) is 4.79 Å². The summed E-state index contributed by atoms with van der Waals surface area (Å²) in [5.41, 5.74) is 0.823. The molecule has 0 aromatic heterocycles. The molecule has 9 heteroatoms. The molecular formula is C22H35IN4O4. The number of guanidine groups is 1. The second-order valence-corrected chi connectivity index (χ2v) is 8.09. The molecule has 3 rings (SSSR count). The smallest absolute Gasteiger partial charge is 0.242 e. The molecule has 1 saturated carbocycles. The Morgan fingerprint density at radius 3 is 2.74 bits per heavy atom. The van der Waals surface area contributed by atoms with E-state index < -0.39 is 0 Å². The lowest BCUT2D eigenvalue weighted by atomic mass is 10.2. The number of carbonyl (C=O) groups excluding carboxylic acids is 1. The van der Waals surface area contributed by atoms with Crippen LogP contribution in [0.1, 0.15) is 39.5 Å². The van der Waals surface area contributed by atoms with E-state index in [2.05, 4.69) is 34.8 Å². The van der Waals surface area contributed by atoms with E-state index >= 15 is 0 Å². The Labute approximate surface area is 201 Å². The molecule has 0 spiro atoms. The Morgan fingerprint density at radius 1 is 1.23 bits per heavy atom. The van der Waals surface area contributed by atoms with Crippen LogP contribution in [-0.2, 0) is 9.53 Å². The molecule has 1 aliphatic heterocycles. The van der Waals surface area contributed by atoms with Crippen molar-refractivity contribution in [2.24, 2.45) is 10.9 Å². The molecular weight excluding hydrogens is 511 g/mol. The van der Waals surface area contributed by atoms with Crippen LogP contribution in [0.4, 0.5) is 5.69 Å². The van der Waals surface area contributed by atoms with E-state index in [-0.39, 0.29) is 36.4 Å². The van der Waals surface area contributed by atoms with Crippen molar-refractivity contribution in [2.45, 2.75) is 45.6 Å². The number of nitrogens with zero attached hydrogens (tertiary/aromatic N) is 1. The number of nitrogens with one attached hydrogen (secondary N) is 3. The molecule has 0 radical (unpaired) electrons. The highest BCUT2D eigenvalue weighted by molar-refractivity contribution is 14.0. The van der Waals surface area contributed by atoms with Crippen LogP contribution < -0.4 is 25.4 Å². The summed E-state index contributed by atoms with van der Waals surface area (Å²) < 4.78 is 17.1. The number of benzene rings is 1. The highest BCUT2D eigenvalue weighted by Crippen LogP contribution is 2.32. The second-order valence-electron chi connectivity index (χ2n) is 8.09. The van der Waals surface area contributed by atoms with E-state index in [1.165, 1.54) is 0 Å². The van der Waals surface area contributed by atoms with E-state index in [1.54, 1.807) is 0 Å². The molecule has 174 valence electrons. The average Bonchev–Trinajstić information content (AvgIpc) is 3.55. The fraction of sp³-hybridized carbons (Fsp3) is 0.636. The van der Waals surface area contributed by atoms with Gasteiger partial charge in [0.25, 0.3) is 0 Å². The molecule has 1 aliphatic carbocycles. The summed E-state index contributed by atoms with van der Waals surface area (Å²) in [5, 5.41) is 9.50. The van der Waals surface area contributed by atoms with Crippen molar-refractivity contribution in [3.05, 3.63) is 18.2 Å². The summed E-state index contributed by atoms with van der Waals surface area (Å²) in [6.45, 7) is 7.78. The van der Waals surface area contributed by atoms with Gasteiger partial charge in [0.15, 0.2) is 17.5 Å². The van der Waals surface area contributed by atoms with Crippen molar-refractivity contribution >= 4 is 41.5 Å². The number of carbonyl (C=O) groups is 1. The fourth-order valence-corrected chi connectivity index (χ4v) is 2.87. The van der Waals surface area contributed by atoms with Crippen LogP contribution in [0.15, 0.2) is 23.2 Å². The third kappa shape index (κ3) is 9.94. The molecule has 8 nitrogen and oxygen atoms in total. The topological polar surface area (TPSA) is 93.2 Å². The first-order chi connectivity index (χ1) is 14.6. The van der Waals surface area contributed by atoms with Gasteiger partial charge in [0.05, 0.1) is 13.2 Å². The number of anilines is 1. The zero-order chi connectivity index (χ0) is 21.2. The third-order valence-corrected chi connectivity index (χ3v) is 4.54. The maximum atomic E-state index is 12.0. The summed E-state index contributed by atoms with van der Waals surface area (Å²) in [4.78, 5) is 16.5. The quantitative estimate of drug-likeness (QED) is 0.181. The third-order valence-electron chi connectivity index (χ3n) is 4.54. The van der Waals surface area contributed by atoms with Crippen LogP contribution in [0.25, 0.3) is 0 Å². The van der Waals surface area contributed by atoms with Gasteiger partial charge < -0.3 is 30.2 Å². The van der Waals surface area contributed by atoms with Gasteiger partial charge >= 0.3 is 0 Å². The van der Waals surface area contributed by atoms with Crippen molar-refractivity contribution in [1.82, 2.24) is 10.6 Å². The standard InChI is InChI=1S/C22H34N4O4.HI/c1-16(2)15-28-10-3-9-23-22(24-14-21(27)25-17-5-6-17)26-18-7-8-19-20(13-18)30-12-4-11-29-19;/h7-8,13,16-17H,3-6,9-12,14-15H2,1-2H3,(H,25,27)(H2,23,24,26);1H. The number of fused-ring (bicyclic) bond motifs is 1. The SMILES string of the molecule is CC(C)COCCCNC(=NCC(=O)NC1CC1)Nc1ccc2c(c1)OCCCO2.I. The monoisotopic (exact) mass is 546 g/mol. The number of amides is 1. The Morgan fingerprint density at radius 2 is 2.00 bits per heavy atom. The van der Waals surface area contributed by atoms with Gasteiger partial charge in [-0.1, -0.05) is 13.8 Å². The molecule has 31 heavy (non-hydrogen) atoms. The van der Waals surface area contributed by atoms with Crippen LogP contribution >= 0.6 is 24.0 Å². The normalized spacial score (nSPS) is 15.6. The van der Waals surface area contributed by atoms with Crippen LogP contribution in [0.2, 0.25) is 0 Å². The largest absolute Gasteiger partial charge is 0.490 e. The number of hydrogen-bond donors (Lipinski definition) is 3. The van der Waals surface area contributed by atoms with E-state index in [1.807, 2.05) is 18.2 Å². The number of rotatable bonds is 10. The number of hydrogen-bond acceptors (Lipinski definition) is 5. The molecule has 1 aromatic rings. The molecule has 1 fully saturated rings. The minimum Gasteiger partial charge on any atom is -0.490 e. The average molecular weight is 546 g/mol. The molecule has 3 N–H and O–H groups in total. The number of aliphatic imine (C=N–C) groups is 1. The number of ether oxygens (including phenoxy) is 3. The maximum Gasteiger partial charge on any atom is 0.242 e. The van der Waals surface area contributed by atoms with E-state index in [9.17, 15) is 4.79 Å². The summed E-state index contributed by atoms with van der Waals surface area (Å²) in [6.07, 6.45) is 3.84. The van der Waals surface area contributed by atoms with Crippen LogP contribution in [0.3, 0.4) is 0 Å². The molecule has 1 heterocycles. The molecule has 1 amide bonds. The van der Waals surface area contributed by atoms with Gasteiger partial charge in [-0.05, 0) is 37.3 Å². The lowest BCUT2D eigenvalue weighted by molar-refractivity contribution is -0.119. The van der Waals surface area contributed by atoms with Gasteiger partial charge in [0, 0.05) is 44.0 Å². The summed E-state index contributed by atoms with van der Waals surface area (Å²) in [5.74, 6) is 2.49. The summed E-state index contributed by atoms with van der Waals surface area (Å²) >= 11 is 0. The van der Waals surface area contributed by atoms with Crippen molar-refractivity contribution < 1.29 is 19.0 Å². The molecule has 0 atom stereocenters. The van der Waals surface area contributed by atoms with Crippen LogP contribution in [0.5, 0.6) is 11.5 Å². The Kier molecular flexibility index (Phi) is 11.2. The predicted molar refractivity (Wildman–Crippen MR) is 133 cm³/mol. The zero-order valence-corrected chi connectivity index (χ0v) is 20.8. The second kappa shape index (κ2) is 13.6. The van der Waals surface area contributed by atoms with Gasteiger partial charge in [-0.15, -0.1) is 24.0 Å². The van der Waals surface area contributed by atoms with E-state index in [0.717, 1.165) is 43.7 Å². The first-order valence-corrected chi connectivity index (χ1v) is 10.9. The molecule has 1 aromatic carbocycles. The summed E-state index contributed by atoms with van der Waals surface area (Å²) in [7, 11) is 0. The first-order valence-electron chi connectivity index (χ1n) is 10.9. The predicted octanol–water partition coefficient (Wildman–Crippen LogP) is 3.16. The lowest BCUT2D eigenvalue weighted by Gasteiger charge is -2.15. The van der Waals surface area contributed by atoms with E-state index in [4.69, 9.17) is 14.2 Å². The Balaban J connectivity index is 0.00000341. The summed E-state index contributed by atoms with van der Waals surface area (Å²) in [6, 6.07) is 6.03. The minimum absolute atomic E-state index is 0. The van der Waals surface area contributed by atoms with Crippen molar-refractivity contribution in [3.63, 3.8) is 0 Å². The highest BCUT2D eigenvalue weighted by Gasteiger charge is 2.22. The first kappa shape index (κ1) is 25.5. The van der Waals surface area contributed by atoms with Gasteiger partial charge in [0.1, 0.15) is 6.54 Å². The van der Waals surface area contributed by atoms with Gasteiger partial charge in [-0.25, -0.2) is 4.99 Å². The van der Waals surface area contributed by atoms with Crippen LogP contribution in [-0.4, -0.2) is 57.4 Å². The highest BCUT2D eigenvalue weighted by atomic mass is 127. The lowest BCUT2D eigenvalue weighted by Crippen LogP contribution is -2.34. The molecule has 0 unspecified atom stereocenters. The van der Waals surface area contributed by atoms with Crippen molar-refractivity contribution in [1.29, 1.82) is 0 Å². The zero-order valence-electron chi connectivity index (χ0n) is 18.4. The van der Waals surface area contributed by atoms with Crippen LogP contribution in [0, 0.1) is 5.92 Å². The maximum absolute atomic E-state index is 12.0. The number of halogens is 1. The Bertz CT molecular complexity index is 725. The van der Waals surface area contributed by atoms with Gasteiger partial charge in [0.2, 0.25) is 5.91 Å². The Hall–Kier alpha value is -1.75. The fourth-order valence-electron chi connectivity index (χ4n) is 2.87. The minimum atomic E-state index is -0.0578. The van der Waals surface area contributed by atoms with Crippen molar-refractivity contribution in [2.75, 3.05) is 44.8 Å². The molecule has 0 bridgehead atoms. The van der Waals surface area contributed by atoms with Crippen molar-refractivity contribution in [3.8, 4) is 11.5 Å². The molecule has 2 aliphatic rings. The van der Waals surface area contributed by atoms with Gasteiger partial charge in [-0.2, -0.15) is 0 Å². The van der Waals surface area contributed by atoms with E-state index in [0.29, 0.717) is 50.0 Å².